The first-order valence-corrected chi connectivity index (χ1v) is 5.24. The molecular formula is C12H10N4O. The third-order valence-electron chi connectivity index (χ3n) is 2.40. The average Bonchev–Trinajstić information content (AvgIpc) is 2.86. The first-order valence-electron chi connectivity index (χ1n) is 5.24. The van der Waals surface area contributed by atoms with Crippen LogP contribution in [-0.4, -0.2) is 19.9 Å². The summed E-state index contributed by atoms with van der Waals surface area (Å²) in [6, 6.07) is 9.93. The minimum Gasteiger partial charge on any atom is -0.471 e. The number of imidazole rings is 1. The molecule has 0 spiro atoms. The first kappa shape index (κ1) is 9.77. The average molecular weight is 226 g/mol. The van der Waals surface area contributed by atoms with Crippen LogP contribution in [0.1, 0.15) is 5.56 Å². The zero-order valence-corrected chi connectivity index (χ0v) is 9.00. The summed E-state index contributed by atoms with van der Waals surface area (Å²) in [6.45, 7) is 0.472. The molecule has 3 aromatic rings. The Morgan fingerprint density at radius 3 is 2.82 bits per heavy atom. The van der Waals surface area contributed by atoms with Gasteiger partial charge in [0.25, 0.3) is 0 Å². The zero-order valence-electron chi connectivity index (χ0n) is 9.00. The first-order chi connectivity index (χ1) is 8.43. The number of benzene rings is 1. The Balaban J connectivity index is 1.84. The molecule has 17 heavy (non-hydrogen) atoms. The molecule has 0 amide bonds. The van der Waals surface area contributed by atoms with Gasteiger partial charge in [-0.1, -0.05) is 30.3 Å². The van der Waals surface area contributed by atoms with Crippen LogP contribution in [0.2, 0.25) is 0 Å². The molecule has 0 aliphatic rings. The molecule has 0 radical (unpaired) electrons. The van der Waals surface area contributed by atoms with Crippen molar-refractivity contribution in [1.82, 2.24) is 19.9 Å². The summed E-state index contributed by atoms with van der Waals surface area (Å²) in [6.07, 6.45) is 3.04. The predicted octanol–water partition coefficient (Wildman–Crippen LogP) is 1.93. The molecule has 0 aliphatic heterocycles. The minimum absolute atomic E-state index is 0.472. The van der Waals surface area contributed by atoms with Crippen LogP contribution in [0.25, 0.3) is 11.2 Å². The normalized spacial score (nSPS) is 10.6. The number of fused-ring (bicyclic) bond motifs is 1. The number of nitrogens with one attached hydrogen (secondary N) is 1. The highest BCUT2D eigenvalue weighted by Gasteiger charge is 2.06. The zero-order chi connectivity index (χ0) is 11.5. The molecule has 0 fully saturated rings. The maximum atomic E-state index is 5.63. The van der Waals surface area contributed by atoms with E-state index >= 15 is 0 Å². The second-order valence-corrected chi connectivity index (χ2v) is 3.55. The van der Waals surface area contributed by atoms with Crippen LogP contribution in [0.5, 0.6) is 5.88 Å². The maximum Gasteiger partial charge on any atom is 0.245 e. The standard InChI is InChI=1S/C12H10N4O/c1-2-4-9(5-3-1)6-17-12-10-11(14-7-13-10)15-8-16-12/h1-5,7-8H,6H2,(H,13,14,15,16). The third kappa shape index (κ3) is 1.94. The molecule has 0 saturated heterocycles. The van der Waals surface area contributed by atoms with Crippen molar-refractivity contribution in [2.24, 2.45) is 0 Å². The van der Waals surface area contributed by atoms with Crippen LogP contribution in [0.4, 0.5) is 0 Å². The summed E-state index contributed by atoms with van der Waals surface area (Å²) < 4.78 is 5.63. The van der Waals surface area contributed by atoms with Crippen molar-refractivity contribution in [3.05, 3.63) is 48.5 Å². The Morgan fingerprint density at radius 1 is 1.06 bits per heavy atom. The predicted molar refractivity (Wildman–Crippen MR) is 62.5 cm³/mol. The maximum absolute atomic E-state index is 5.63. The number of ether oxygens (including phenoxy) is 1. The largest absolute Gasteiger partial charge is 0.471 e. The molecule has 84 valence electrons. The Morgan fingerprint density at radius 2 is 1.94 bits per heavy atom. The number of aromatic nitrogens is 4. The van der Waals surface area contributed by atoms with E-state index in [0.717, 1.165) is 5.56 Å². The van der Waals surface area contributed by atoms with E-state index in [2.05, 4.69) is 19.9 Å². The molecule has 0 aliphatic carbocycles. The second kappa shape index (κ2) is 4.21. The van der Waals surface area contributed by atoms with E-state index in [1.807, 2.05) is 30.3 Å². The highest BCUT2D eigenvalue weighted by molar-refractivity contribution is 5.74. The van der Waals surface area contributed by atoms with Crippen molar-refractivity contribution in [3.8, 4) is 5.88 Å². The van der Waals surface area contributed by atoms with Crippen molar-refractivity contribution in [3.63, 3.8) is 0 Å². The van der Waals surface area contributed by atoms with Crippen molar-refractivity contribution >= 4 is 11.2 Å². The Bertz CT molecular complexity index is 620. The van der Waals surface area contributed by atoms with Gasteiger partial charge < -0.3 is 9.72 Å². The van der Waals surface area contributed by atoms with Gasteiger partial charge in [-0.3, -0.25) is 0 Å². The van der Waals surface area contributed by atoms with E-state index in [-0.39, 0.29) is 0 Å². The van der Waals surface area contributed by atoms with Gasteiger partial charge in [0, 0.05) is 0 Å². The van der Waals surface area contributed by atoms with Crippen LogP contribution < -0.4 is 4.74 Å². The van der Waals surface area contributed by atoms with Gasteiger partial charge in [-0.05, 0) is 5.56 Å². The Kier molecular flexibility index (Phi) is 2.42. The molecule has 5 nitrogen and oxygen atoms in total. The lowest BCUT2D eigenvalue weighted by molar-refractivity contribution is 0.297. The molecule has 2 heterocycles. The lowest BCUT2D eigenvalue weighted by Crippen LogP contribution is -1.98. The van der Waals surface area contributed by atoms with Gasteiger partial charge in [-0.25, -0.2) is 9.97 Å². The monoisotopic (exact) mass is 226 g/mol. The summed E-state index contributed by atoms with van der Waals surface area (Å²) >= 11 is 0. The number of hydrogen-bond donors (Lipinski definition) is 1. The number of aromatic amines is 1. The van der Waals surface area contributed by atoms with Gasteiger partial charge >= 0.3 is 0 Å². The van der Waals surface area contributed by atoms with Crippen LogP contribution in [0.3, 0.4) is 0 Å². The third-order valence-corrected chi connectivity index (χ3v) is 2.40. The number of nitrogens with zero attached hydrogens (tertiary/aromatic N) is 3. The van der Waals surface area contributed by atoms with Gasteiger partial charge in [0.1, 0.15) is 12.9 Å². The van der Waals surface area contributed by atoms with Crippen molar-refractivity contribution in [2.75, 3.05) is 0 Å². The fourth-order valence-corrected chi connectivity index (χ4v) is 1.57. The van der Waals surface area contributed by atoms with E-state index in [0.29, 0.717) is 23.7 Å². The lowest BCUT2D eigenvalue weighted by atomic mass is 10.2. The highest BCUT2D eigenvalue weighted by Crippen LogP contribution is 2.17. The quantitative estimate of drug-likeness (QED) is 0.741. The van der Waals surface area contributed by atoms with Crippen LogP contribution in [0.15, 0.2) is 43.0 Å². The summed E-state index contributed by atoms with van der Waals surface area (Å²) in [5.74, 6) is 0.500. The molecule has 2 aromatic heterocycles. The van der Waals surface area contributed by atoms with E-state index < -0.39 is 0 Å². The SMILES string of the molecule is c1ccc(COc2ncnc3[nH]cnc23)cc1. The number of H-pyrrole nitrogens is 1. The fraction of sp³-hybridized carbons (Fsp3) is 0.0833. The molecule has 1 aromatic carbocycles. The Labute approximate surface area is 97.5 Å². The van der Waals surface area contributed by atoms with Crippen LogP contribution >= 0.6 is 0 Å². The van der Waals surface area contributed by atoms with E-state index in [1.54, 1.807) is 6.33 Å². The smallest absolute Gasteiger partial charge is 0.245 e. The molecule has 5 heteroatoms. The van der Waals surface area contributed by atoms with Crippen molar-refractivity contribution in [2.45, 2.75) is 6.61 Å². The lowest BCUT2D eigenvalue weighted by Gasteiger charge is -2.04. The topological polar surface area (TPSA) is 63.7 Å². The van der Waals surface area contributed by atoms with Gasteiger partial charge in [0.2, 0.25) is 5.88 Å². The molecule has 0 bridgehead atoms. The Hall–Kier alpha value is -2.43. The summed E-state index contributed by atoms with van der Waals surface area (Å²) in [5, 5.41) is 0. The van der Waals surface area contributed by atoms with Gasteiger partial charge in [0.15, 0.2) is 11.2 Å². The molecule has 1 N–H and O–H groups in total. The number of rotatable bonds is 3. The van der Waals surface area contributed by atoms with E-state index in [9.17, 15) is 0 Å². The summed E-state index contributed by atoms with van der Waals surface area (Å²) in [5.41, 5.74) is 2.43. The molecule has 0 saturated carbocycles. The van der Waals surface area contributed by atoms with Gasteiger partial charge in [-0.15, -0.1) is 0 Å². The summed E-state index contributed by atoms with van der Waals surface area (Å²) in [4.78, 5) is 15.2. The van der Waals surface area contributed by atoms with Crippen molar-refractivity contribution < 1.29 is 4.74 Å². The highest BCUT2D eigenvalue weighted by atomic mass is 16.5. The number of hydrogen-bond acceptors (Lipinski definition) is 4. The minimum atomic E-state index is 0.472. The van der Waals surface area contributed by atoms with E-state index in [1.165, 1.54) is 6.33 Å². The van der Waals surface area contributed by atoms with Crippen molar-refractivity contribution in [1.29, 1.82) is 0 Å². The second-order valence-electron chi connectivity index (χ2n) is 3.55. The molecule has 0 atom stereocenters. The molecule has 3 rings (SSSR count). The van der Waals surface area contributed by atoms with Crippen LogP contribution in [-0.2, 0) is 6.61 Å². The van der Waals surface area contributed by atoms with Gasteiger partial charge in [0.05, 0.1) is 6.33 Å². The van der Waals surface area contributed by atoms with Crippen LogP contribution in [0, 0.1) is 0 Å². The summed E-state index contributed by atoms with van der Waals surface area (Å²) in [7, 11) is 0. The fourth-order valence-electron chi connectivity index (χ4n) is 1.57. The molecular weight excluding hydrogens is 216 g/mol. The van der Waals surface area contributed by atoms with E-state index in [4.69, 9.17) is 4.74 Å². The molecule has 0 unspecified atom stereocenters. The van der Waals surface area contributed by atoms with Gasteiger partial charge in [-0.2, -0.15) is 4.98 Å².